The third-order valence-corrected chi connectivity index (χ3v) is 3.03. The topological polar surface area (TPSA) is 39.1 Å². The molecule has 0 fully saturated rings. The van der Waals surface area contributed by atoms with Gasteiger partial charge in [-0.05, 0) is 31.0 Å². The zero-order valence-corrected chi connectivity index (χ0v) is 13.5. The minimum atomic E-state index is 0. The van der Waals surface area contributed by atoms with E-state index in [2.05, 4.69) is 35.7 Å². The van der Waals surface area contributed by atoms with Gasteiger partial charge in [-0.25, -0.2) is 0 Å². The lowest BCUT2D eigenvalue weighted by Gasteiger charge is -2.06. The highest BCUT2D eigenvalue weighted by atomic mass is 35.5. The van der Waals surface area contributed by atoms with Crippen molar-refractivity contribution in [2.24, 2.45) is 0 Å². The van der Waals surface area contributed by atoms with Crippen LogP contribution >= 0.6 is 12.4 Å². The quantitative estimate of drug-likeness (QED) is 0.812. The lowest BCUT2D eigenvalue weighted by Crippen LogP contribution is -2.12. The van der Waals surface area contributed by atoms with Crippen LogP contribution < -0.4 is 10.1 Å². The van der Waals surface area contributed by atoms with Gasteiger partial charge in [-0.2, -0.15) is 5.10 Å². The molecule has 0 aliphatic rings. The molecule has 0 atom stereocenters. The fraction of sp³-hybridized carbons (Fsp3) is 0.438. The Morgan fingerprint density at radius 1 is 1.10 bits per heavy atom. The first-order valence-corrected chi connectivity index (χ1v) is 7.25. The van der Waals surface area contributed by atoms with Crippen molar-refractivity contribution in [2.45, 2.75) is 39.9 Å². The Labute approximate surface area is 132 Å². The third kappa shape index (κ3) is 5.78. The Balaban J connectivity index is 0.00000220. The van der Waals surface area contributed by atoms with Gasteiger partial charge in [0.1, 0.15) is 5.75 Å². The molecule has 2 aromatic rings. The molecule has 0 saturated carbocycles. The maximum Gasteiger partial charge on any atom is 0.119 e. The summed E-state index contributed by atoms with van der Waals surface area (Å²) in [6.07, 6.45) is 5.15. The van der Waals surface area contributed by atoms with Crippen LogP contribution in [0.1, 0.15) is 31.4 Å². The highest BCUT2D eigenvalue weighted by molar-refractivity contribution is 5.85. The van der Waals surface area contributed by atoms with Gasteiger partial charge < -0.3 is 10.1 Å². The van der Waals surface area contributed by atoms with E-state index in [1.54, 1.807) is 0 Å². The number of aromatic nitrogens is 2. The van der Waals surface area contributed by atoms with Crippen molar-refractivity contribution in [3.8, 4) is 5.75 Å². The monoisotopic (exact) mass is 309 g/mol. The summed E-state index contributed by atoms with van der Waals surface area (Å²) in [5, 5.41) is 7.75. The van der Waals surface area contributed by atoms with E-state index in [4.69, 9.17) is 4.74 Å². The molecule has 21 heavy (non-hydrogen) atoms. The molecule has 0 unspecified atom stereocenters. The fourth-order valence-corrected chi connectivity index (χ4v) is 2.07. The molecule has 0 radical (unpaired) electrons. The number of nitrogens with one attached hydrogen (secondary N) is 1. The zero-order chi connectivity index (χ0) is 14.2. The summed E-state index contributed by atoms with van der Waals surface area (Å²) in [4.78, 5) is 0. The SMILES string of the molecule is CCCn1cc(CNCc2ccc(OCC)cc2)cn1.Cl. The first kappa shape index (κ1) is 17.5. The van der Waals surface area contributed by atoms with Crippen LogP contribution in [0.4, 0.5) is 0 Å². The molecule has 4 nitrogen and oxygen atoms in total. The highest BCUT2D eigenvalue weighted by Gasteiger charge is 1.99. The number of rotatable bonds is 8. The molecular weight excluding hydrogens is 286 g/mol. The molecule has 0 aliphatic carbocycles. The summed E-state index contributed by atoms with van der Waals surface area (Å²) >= 11 is 0. The average molecular weight is 310 g/mol. The van der Waals surface area contributed by atoms with Crippen LogP contribution in [0.5, 0.6) is 5.75 Å². The van der Waals surface area contributed by atoms with E-state index in [-0.39, 0.29) is 12.4 Å². The number of nitrogens with zero attached hydrogens (tertiary/aromatic N) is 2. The lowest BCUT2D eigenvalue weighted by molar-refractivity contribution is 0.340. The van der Waals surface area contributed by atoms with Gasteiger partial charge >= 0.3 is 0 Å². The third-order valence-electron chi connectivity index (χ3n) is 3.03. The van der Waals surface area contributed by atoms with Crippen LogP contribution in [0, 0.1) is 0 Å². The van der Waals surface area contributed by atoms with Crippen molar-refractivity contribution in [1.82, 2.24) is 15.1 Å². The summed E-state index contributed by atoms with van der Waals surface area (Å²) in [6, 6.07) is 8.22. The molecule has 0 spiro atoms. The normalized spacial score (nSPS) is 10.2. The number of benzene rings is 1. The molecular formula is C16H24ClN3O. The smallest absolute Gasteiger partial charge is 0.119 e. The second-order valence-electron chi connectivity index (χ2n) is 4.79. The molecule has 1 aromatic heterocycles. The van der Waals surface area contributed by atoms with E-state index in [1.165, 1.54) is 11.1 Å². The van der Waals surface area contributed by atoms with Crippen molar-refractivity contribution < 1.29 is 4.74 Å². The van der Waals surface area contributed by atoms with Gasteiger partial charge in [-0.3, -0.25) is 4.68 Å². The molecule has 116 valence electrons. The van der Waals surface area contributed by atoms with Crippen LogP contribution in [0.25, 0.3) is 0 Å². The van der Waals surface area contributed by atoms with Crippen molar-refractivity contribution in [3.63, 3.8) is 0 Å². The van der Waals surface area contributed by atoms with Crippen LogP contribution in [0.2, 0.25) is 0 Å². The van der Waals surface area contributed by atoms with E-state index < -0.39 is 0 Å². The molecule has 1 N–H and O–H groups in total. The Morgan fingerprint density at radius 2 is 1.81 bits per heavy atom. The number of halogens is 1. The number of hydrogen-bond donors (Lipinski definition) is 1. The number of hydrogen-bond acceptors (Lipinski definition) is 3. The standard InChI is InChI=1S/C16H23N3O.ClH/c1-3-9-19-13-15(12-18-19)11-17-10-14-5-7-16(8-6-14)20-4-2;/h5-8,12-13,17H,3-4,9-11H2,1-2H3;1H. The van der Waals surface area contributed by atoms with E-state index in [9.17, 15) is 0 Å². The van der Waals surface area contributed by atoms with Crippen LogP contribution in [-0.4, -0.2) is 16.4 Å². The largest absolute Gasteiger partial charge is 0.494 e. The van der Waals surface area contributed by atoms with Crippen molar-refractivity contribution >= 4 is 12.4 Å². The zero-order valence-electron chi connectivity index (χ0n) is 12.7. The minimum Gasteiger partial charge on any atom is -0.494 e. The summed E-state index contributed by atoms with van der Waals surface area (Å²) in [7, 11) is 0. The van der Waals surface area contributed by atoms with Gasteiger partial charge in [-0.1, -0.05) is 19.1 Å². The molecule has 0 saturated heterocycles. The van der Waals surface area contributed by atoms with E-state index in [1.807, 2.05) is 29.9 Å². The molecule has 0 amide bonds. The Bertz CT molecular complexity index is 510. The fourth-order valence-electron chi connectivity index (χ4n) is 2.07. The maximum absolute atomic E-state index is 5.43. The molecule has 2 rings (SSSR count). The van der Waals surface area contributed by atoms with Gasteiger partial charge in [0.2, 0.25) is 0 Å². The highest BCUT2D eigenvalue weighted by Crippen LogP contribution is 2.12. The van der Waals surface area contributed by atoms with Crippen molar-refractivity contribution in [1.29, 1.82) is 0 Å². The van der Waals surface area contributed by atoms with E-state index in [0.29, 0.717) is 6.61 Å². The molecule has 0 bridgehead atoms. The van der Waals surface area contributed by atoms with Crippen LogP contribution in [-0.2, 0) is 19.6 Å². The average Bonchev–Trinajstić information content (AvgIpc) is 2.89. The van der Waals surface area contributed by atoms with Crippen molar-refractivity contribution in [3.05, 3.63) is 47.8 Å². The van der Waals surface area contributed by atoms with E-state index >= 15 is 0 Å². The Kier molecular flexibility index (Phi) is 7.87. The molecule has 5 heteroatoms. The number of ether oxygens (including phenoxy) is 1. The Hall–Kier alpha value is -1.52. The summed E-state index contributed by atoms with van der Waals surface area (Å²) < 4.78 is 7.42. The van der Waals surface area contributed by atoms with Gasteiger partial charge in [0.25, 0.3) is 0 Å². The Morgan fingerprint density at radius 3 is 2.48 bits per heavy atom. The number of aryl methyl sites for hydroxylation is 1. The second-order valence-corrected chi connectivity index (χ2v) is 4.79. The summed E-state index contributed by atoms with van der Waals surface area (Å²) in [6.45, 7) is 7.54. The van der Waals surface area contributed by atoms with Gasteiger partial charge in [0, 0.05) is 31.4 Å². The van der Waals surface area contributed by atoms with Gasteiger partial charge in [0.15, 0.2) is 0 Å². The summed E-state index contributed by atoms with van der Waals surface area (Å²) in [5.41, 5.74) is 2.48. The van der Waals surface area contributed by atoms with E-state index in [0.717, 1.165) is 31.8 Å². The minimum absolute atomic E-state index is 0. The van der Waals surface area contributed by atoms with Gasteiger partial charge in [0.05, 0.1) is 12.8 Å². The second kappa shape index (κ2) is 9.42. The van der Waals surface area contributed by atoms with Gasteiger partial charge in [-0.15, -0.1) is 12.4 Å². The maximum atomic E-state index is 5.43. The first-order valence-electron chi connectivity index (χ1n) is 7.25. The summed E-state index contributed by atoms with van der Waals surface area (Å²) in [5.74, 6) is 0.928. The van der Waals surface area contributed by atoms with Crippen LogP contribution in [0.3, 0.4) is 0 Å². The predicted octanol–water partition coefficient (Wildman–Crippen LogP) is 3.40. The molecule has 0 aliphatic heterocycles. The van der Waals surface area contributed by atoms with Crippen LogP contribution in [0.15, 0.2) is 36.7 Å². The molecule has 1 aromatic carbocycles. The first-order chi connectivity index (χ1) is 9.81. The lowest BCUT2D eigenvalue weighted by atomic mass is 10.2. The predicted molar refractivity (Wildman–Crippen MR) is 87.9 cm³/mol. The van der Waals surface area contributed by atoms with Crippen molar-refractivity contribution in [2.75, 3.05) is 6.61 Å². The molecule has 1 heterocycles.